The summed E-state index contributed by atoms with van der Waals surface area (Å²) in [6.07, 6.45) is 9.60. The van der Waals surface area contributed by atoms with Crippen LogP contribution in [0.1, 0.15) is 43.6 Å². The van der Waals surface area contributed by atoms with E-state index < -0.39 is 0 Å². The molecule has 0 N–H and O–H groups in total. The van der Waals surface area contributed by atoms with E-state index >= 15 is 0 Å². The Morgan fingerprint density at radius 3 is 2.70 bits per heavy atom. The Labute approximate surface area is 162 Å². The predicted octanol–water partition coefficient (Wildman–Crippen LogP) is 5.27. The van der Waals surface area contributed by atoms with Crippen molar-refractivity contribution in [2.75, 3.05) is 18.0 Å². The van der Waals surface area contributed by atoms with E-state index in [0.717, 1.165) is 40.0 Å². The Balaban J connectivity index is 1.65. The number of thiazole rings is 1. The fourth-order valence-electron chi connectivity index (χ4n) is 3.74. The first-order valence-corrected chi connectivity index (χ1v) is 10.4. The lowest BCUT2D eigenvalue weighted by Crippen LogP contribution is -2.29. The Morgan fingerprint density at radius 1 is 1.07 bits per heavy atom. The summed E-state index contributed by atoms with van der Waals surface area (Å²) in [5.74, 6) is 0.304. The number of nitrogens with zero attached hydrogens (tertiary/aromatic N) is 4. The second-order valence-electron chi connectivity index (χ2n) is 7.33. The summed E-state index contributed by atoms with van der Waals surface area (Å²) in [4.78, 5) is 17.2. The summed E-state index contributed by atoms with van der Waals surface area (Å²) in [7, 11) is 0. The topological polar surface area (TPSA) is 41.9 Å². The van der Waals surface area contributed by atoms with Crippen LogP contribution in [0.25, 0.3) is 21.8 Å². The molecule has 2 fully saturated rings. The van der Waals surface area contributed by atoms with E-state index in [0.29, 0.717) is 5.92 Å². The van der Waals surface area contributed by atoms with Crippen LogP contribution in [-0.2, 0) is 0 Å². The second-order valence-corrected chi connectivity index (χ2v) is 8.31. The fraction of sp³-hybridized carbons (Fsp3) is 0.381. The van der Waals surface area contributed by atoms with Crippen molar-refractivity contribution in [1.82, 2.24) is 15.0 Å². The number of hydrogen-bond acceptors (Lipinski definition) is 5. The van der Waals surface area contributed by atoms with E-state index in [2.05, 4.69) is 14.9 Å². The highest BCUT2D eigenvalue weighted by molar-refractivity contribution is 7.19. The van der Waals surface area contributed by atoms with Crippen LogP contribution in [-0.4, -0.2) is 28.0 Å². The Hall–Kier alpha value is -2.34. The number of halogens is 1. The predicted molar refractivity (Wildman–Crippen MR) is 107 cm³/mol. The summed E-state index contributed by atoms with van der Waals surface area (Å²) >= 11 is 1.68. The maximum atomic E-state index is 13.9. The number of rotatable bonds is 4. The zero-order valence-corrected chi connectivity index (χ0v) is 15.9. The van der Waals surface area contributed by atoms with Crippen molar-refractivity contribution in [1.29, 1.82) is 0 Å². The van der Waals surface area contributed by atoms with E-state index in [-0.39, 0.29) is 5.82 Å². The maximum absolute atomic E-state index is 13.9. The molecule has 27 heavy (non-hydrogen) atoms. The van der Waals surface area contributed by atoms with Gasteiger partial charge in [-0.25, -0.2) is 19.3 Å². The van der Waals surface area contributed by atoms with Gasteiger partial charge in [0, 0.05) is 30.4 Å². The minimum absolute atomic E-state index is 0.240. The van der Waals surface area contributed by atoms with E-state index in [1.54, 1.807) is 29.8 Å². The third kappa shape index (κ3) is 3.34. The van der Waals surface area contributed by atoms with Crippen LogP contribution in [0.2, 0.25) is 0 Å². The molecule has 3 aromatic rings. The molecule has 1 aliphatic heterocycles. The lowest BCUT2D eigenvalue weighted by Gasteiger charge is -2.25. The third-order valence-electron chi connectivity index (χ3n) is 5.31. The van der Waals surface area contributed by atoms with E-state index in [1.807, 2.05) is 12.3 Å². The van der Waals surface area contributed by atoms with Gasteiger partial charge in [-0.15, -0.1) is 0 Å². The average molecular weight is 380 g/mol. The van der Waals surface area contributed by atoms with Gasteiger partial charge in [-0.2, -0.15) is 0 Å². The Kier molecular flexibility index (Phi) is 4.36. The molecule has 5 rings (SSSR count). The Bertz CT molecular complexity index is 960. The van der Waals surface area contributed by atoms with Crippen LogP contribution in [0.4, 0.5) is 9.52 Å². The molecule has 0 spiro atoms. The molecule has 3 heterocycles. The molecule has 2 aromatic heterocycles. The molecule has 0 bridgehead atoms. The van der Waals surface area contributed by atoms with Gasteiger partial charge < -0.3 is 4.90 Å². The molecule has 0 atom stereocenters. The van der Waals surface area contributed by atoms with Crippen LogP contribution in [0.15, 0.2) is 36.8 Å². The van der Waals surface area contributed by atoms with Gasteiger partial charge in [0.2, 0.25) is 0 Å². The highest BCUT2D eigenvalue weighted by Crippen LogP contribution is 2.47. The van der Waals surface area contributed by atoms with Gasteiger partial charge in [0.25, 0.3) is 0 Å². The number of piperidine rings is 1. The number of anilines is 1. The molecule has 0 amide bonds. The van der Waals surface area contributed by atoms with Crippen molar-refractivity contribution in [3.8, 4) is 21.8 Å². The van der Waals surface area contributed by atoms with E-state index in [4.69, 9.17) is 4.98 Å². The van der Waals surface area contributed by atoms with Crippen molar-refractivity contribution in [3.63, 3.8) is 0 Å². The normalized spacial score (nSPS) is 17.3. The standard InChI is InChI=1S/C21H21FN4S/c22-16-6-4-5-15(11-16)18-20(19-17(14-7-8-14)12-23-13-24-19)27-21(25-18)26-9-2-1-3-10-26/h4-6,11-14H,1-3,7-10H2. The zero-order chi connectivity index (χ0) is 18.2. The average Bonchev–Trinajstić information content (AvgIpc) is 3.47. The number of aromatic nitrogens is 3. The SMILES string of the molecule is Fc1cccc(-c2nc(N3CCCCC3)sc2-c2ncncc2C2CC2)c1. The van der Waals surface area contributed by atoms with Gasteiger partial charge in [-0.05, 0) is 50.2 Å². The fourth-order valence-corrected chi connectivity index (χ4v) is 4.90. The molecular formula is C21H21FN4S. The van der Waals surface area contributed by atoms with E-state index in [9.17, 15) is 4.39 Å². The van der Waals surface area contributed by atoms with E-state index in [1.165, 1.54) is 43.7 Å². The van der Waals surface area contributed by atoms with Crippen LogP contribution < -0.4 is 4.90 Å². The quantitative estimate of drug-likeness (QED) is 0.618. The van der Waals surface area contributed by atoms with Gasteiger partial charge >= 0.3 is 0 Å². The summed E-state index contributed by atoms with van der Waals surface area (Å²) < 4.78 is 13.9. The lowest BCUT2D eigenvalue weighted by molar-refractivity contribution is 0.577. The highest BCUT2D eigenvalue weighted by atomic mass is 32.1. The molecule has 1 aromatic carbocycles. The summed E-state index contributed by atoms with van der Waals surface area (Å²) in [6.45, 7) is 2.07. The van der Waals surface area contributed by atoms with Crippen LogP contribution in [0.3, 0.4) is 0 Å². The Morgan fingerprint density at radius 2 is 1.93 bits per heavy atom. The highest BCUT2D eigenvalue weighted by Gasteiger charge is 2.30. The molecule has 1 saturated heterocycles. The lowest BCUT2D eigenvalue weighted by atomic mass is 10.1. The molecule has 0 unspecified atom stereocenters. The molecule has 6 heteroatoms. The molecule has 1 aliphatic carbocycles. The van der Waals surface area contributed by atoms with Crippen molar-refractivity contribution in [2.45, 2.75) is 38.0 Å². The van der Waals surface area contributed by atoms with Crippen molar-refractivity contribution < 1.29 is 4.39 Å². The second kappa shape index (κ2) is 7.00. The smallest absolute Gasteiger partial charge is 0.186 e. The summed E-state index contributed by atoms with van der Waals surface area (Å²) in [5, 5.41) is 1.02. The zero-order valence-electron chi connectivity index (χ0n) is 15.1. The van der Waals surface area contributed by atoms with Crippen LogP contribution >= 0.6 is 11.3 Å². The van der Waals surface area contributed by atoms with Gasteiger partial charge in [-0.1, -0.05) is 23.5 Å². The first kappa shape index (κ1) is 16.8. The number of benzene rings is 1. The van der Waals surface area contributed by atoms with Crippen molar-refractivity contribution in [2.24, 2.45) is 0 Å². The molecule has 1 saturated carbocycles. The first-order chi connectivity index (χ1) is 13.3. The van der Waals surface area contributed by atoms with Gasteiger partial charge in [0.15, 0.2) is 5.13 Å². The monoisotopic (exact) mass is 380 g/mol. The number of hydrogen-bond donors (Lipinski definition) is 0. The summed E-state index contributed by atoms with van der Waals surface area (Å²) in [5.41, 5.74) is 3.81. The molecule has 0 radical (unpaired) electrons. The molecular weight excluding hydrogens is 359 g/mol. The van der Waals surface area contributed by atoms with Gasteiger partial charge in [0.1, 0.15) is 12.1 Å². The van der Waals surface area contributed by atoms with Gasteiger partial charge in [-0.3, -0.25) is 0 Å². The minimum atomic E-state index is -0.240. The first-order valence-electron chi connectivity index (χ1n) is 9.61. The van der Waals surface area contributed by atoms with Crippen molar-refractivity contribution >= 4 is 16.5 Å². The van der Waals surface area contributed by atoms with Crippen LogP contribution in [0, 0.1) is 5.82 Å². The van der Waals surface area contributed by atoms with Crippen molar-refractivity contribution in [3.05, 3.63) is 48.2 Å². The third-order valence-corrected chi connectivity index (χ3v) is 6.44. The molecule has 138 valence electrons. The molecule has 4 nitrogen and oxygen atoms in total. The van der Waals surface area contributed by atoms with Crippen LogP contribution in [0.5, 0.6) is 0 Å². The maximum Gasteiger partial charge on any atom is 0.186 e. The van der Waals surface area contributed by atoms with Gasteiger partial charge in [0.05, 0.1) is 16.3 Å². The largest absolute Gasteiger partial charge is 0.348 e. The molecule has 2 aliphatic rings. The summed E-state index contributed by atoms with van der Waals surface area (Å²) in [6, 6.07) is 6.72. The minimum Gasteiger partial charge on any atom is -0.348 e.